The van der Waals surface area contributed by atoms with Crippen molar-refractivity contribution in [2.75, 3.05) is 19.6 Å². The van der Waals surface area contributed by atoms with E-state index in [2.05, 4.69) is 22.7 Å². The zero-order chi connectivity index (χ0) is 16.7. The SMILES string of the molecule is CCNC(=NCC1(CC)CCC1)NCCn1cc([N+](=O)[O-])cn1. The molecule has 8 heteroatoms. The third-order valence-corrected chi connectivity index (χ3v) is 4.54. The van der Waals surface area contributed by atoms with Crippen molar-refractivity contribution in [1.29, 1.82) is 0 Å². The minimum Gasteiger partial charge on any atom is -0.357 e. The lowest BCUT2D eigenvalue weighted by molar-refractivity contribution is -0.385. The van der Waals surface area contributed by atoms with Crippen LogP contribution < -0.4 is 10.6 Å². The van der Waals surface area contributed by atoms with Crippen LogP contribution in [0.5, 0.6) is 0 Å². The Kier molecular flexibility index (Phi) is 5.95. The van der Waals surface area contributed by atoms with E-state index in [-0.39, 0.29) is 5.69 Å². The molecule has 0 aromatic carbocycles. The van der Waals surface area contributed by atoms with Crippen LogP contribution in [0.1, 0.15) is 39.5 Å². The molecule has 1 fully saturated rings. The van der Waals surface area contributed by atoms with Crippen molar-refractivity contribution in [1.82, 2.24) is 20.4 Å². The molecule has 23 heavy (non-hydrogen) atoms. The number of aromatic nitrogens is 2. The molecule has 0 unspecified atom stereocenters. The lowest BCUT2D eigenvalue weighted by Gasteiger charge is -2.40. The van der Waals surface area contributed by atoms with E-state index in [9.17, 15) is 10.1 Å². The topological polar surface area (TPSA) is 97.4 Å². The Balaban J connectivity index is 1.82. The quantitative estimate of drug-likeness (QED) is 0.330. The van der Waals surface area contributed by atoms with Crippen molar-refractivity contribution in [2.45, 2.75) is 46.1 Å². The molecule has 1 aliphatic rings. The molecule has 0 aliphatic heterocycles. The molecule has 1 aromatic heterocycles. The van der Waals surface area contributed by atoms with Crippen molar-refractivity contribution in [3.05, 3.63) is 22.5 Å². The van der Waals surface area contributed by atoms with Gasteiger partial charge in [-0.2, -0.15) is 5.10 Å². The minimum atomic E-state index is -0.439. The molecule has 1 aliphatic carbocycles. The van der Waals surface area contributed by atoms with Gasteiger partial charge in [-0.15, -0.1) is 0 Å². The zero-order valence-corrected chi connectivity index (χ0v) is 13.9. The van der Waals surface area contributed by atoms with Crippen LogP contribution in [0.4, 0.5) is 5.69 Å². The lowest BCUT2D eigenvalue weighted by atomic mass is 9.67. The molecule has 1 saturated carbocycles. The summed E-state index contributed by atoms with van der Waals surface area (Å²) in [6.45, 7) is 7.10. The molecule has 0 spiro atoms. The van der Waals surface area contributed by atoms with E-state index < -0.39 is 4.92 Å². The van der Waals surface area contributed by atoms with E-state index in [1.807, 2.05) is 6.92 Å². The summed E-state index contributed by atoms with van der Waals surface area (Å²) in [5, 5.41) is 21.1. The normalized spacial score (nSPS) is 16.7. The van der Waals surface area contributed by atoms with Crippen LogP contribution in [0.2, 0.25) is 0 Å². The maximum absolute atomic E-state index is 10.6. The molecule has 0 atom stereocenters. The molecule has 0 bridgehead atoms. The number of nitro groups is 1. The molecule has 1 heterocycles. The molecular weight excluding hydrogens is 296 g/mol. The second-order valence-corrected chi connectivity index (χ2v) is 6.05. The van der Waals surface area contributed by atoms with E-state index in [1.54, 1.807) is 4.68 Å². The van der Waals surface area contributed by atoms with Crippen molar-refractivity contribution >= 4 is 11.6 Å². The van der Waals surface area contributed by atoms with Gasteiger partial charge in [0.2, 0.25) is 0 Å². The highest BCUT2D eigenvalue weighted by Crippen LogP contribution is 2.43. The Morgan fingerprint density at radius 2 is 2.26 bits per heavy atom. The van der Waals surface area contributed by atoms with Crippen molar-refractivity contribution in [3.63, 3.8) is 0 Å². The Hall–Kier alpha value is -2.12. The van der Waals surface area contributed by atoms with Crippen molar-refractivity contribution in [3.8, 4) is 0 Å². The first-order chi connectivity index (χ1) is 11.1. The van der Waals surface area contributed by atoms with Crippen LogP contribution in [-0.2, 0) is 6.54 Å². The largest absolute Gasteiger partial charge is 0.357 e. The fourth-order valence-electron chi connectivity index (χ4n) is 2.75. The van der Waals surface area contributed by atoms with Crippen molar-refractivity contribution in [2.24, 2.45) is 10.4 Å². The number of nitrogens with one attached hydrogen (secondary N) is 2. The van der Waals surface area contributed by atoms with Gasteiger partial charge in [0.15, 0.2) is 5.96 Å². The number of guanidine groups is 1. The highest BCUT2D eigenvalue weighted by molar-refractivity contribution is 5.79. The zero-order valence-electron chi connectivity index (χ0n) is 13.9. The molecule has 8 nitrogen and oxygen atoms in total. The van der Waals surface area contributed by atoms with E-state index in [0.717, 1.165) is 19.0 Å². The first-order valence-corrected chi connectivity index (χ1v) is 8.27. The number of hydrogen-bond donors (Lipinski definition) is 2. The van der Waals surface area contributed by atoms with E-state index in [4.69, 9.17) is 4.99 Å². The second kappa shape index (κ2) is 7.94. The maximum atomic E-state index is 10.6. The Morgan fingerprint density at radius 3 is 2.78 bits per heavy atom. The highest BCUT2D eigenvalue weighted by Gasteiger charge is 2.34. The summed E-state index contributed by atoms with van der Waals surface area (Å²) in [6, 6.07) is 0. The first-order valence-electron chi connectivity index (χ1n) is 8.27. The van der Waals surface area contributed by atoms with Gasteiger partial charge in [-0.3, -0.25) is 19.8 Å². The summed E-state index contributed by atoms with van der Waals surface area (Å²) < 4.78 is 1.56. The fraction of sp³-hybridized carbons (Fsp3) is 0.733. The maximum Gasteiger partial charge on any atom is 0.306 e. The van der Waals surface area contributed by atoms with Crippen LogP contribution in [-0.4, -0.2) is 40.3 Å². The Morgan fingerprint density at radius 1 is 1.48 bits per heavy atom. The van der Waals surface area contributed by atoms with E-state index >= 15 is 0 Å². The van der Waals surface area contributed by atoms with Crippen LogP contribution in [0, 0.1) is 15.5 Å². The minimum absolute atomic E-state index is 0.0143. The third kappa shape index (κ3) is 4.67. The average molecular weight is 322 g/mol. The van der Waals surface area contributed by atoms with Crippen LogP contribution in [0.15, 0.2) is 17.4 Å². The van der Waals surface area contributed by atoms with Crippen LogP contribution >= 0.6 is 0 Å². The van der Waals surface area contributed by atoms with Gasteiger partial charge in [0.1, 0.15) is 12.4 Å². The molecule has 1 aromatic rings. The van der Waals surface area contributed by atoms with Gasteiger partial charge >= 0.3 is 5.69 Å². The molecule has 0 amide bonds. The van der Waals surface area contributed by atoms with Gasteiger partial charge in [0.25, 0.3) is 0 Å². The molecule has 128 valence electrons. The fourth-order valence-corrected chi connectivity index (χ4v) is 2.75. The van der Waals surface area contributed by atoms with E-state index in [0.29, 0.717) is 18.5 Å². The molecule has 2 rings (SSSR count). The molecule has 0 radical (unpaired) electrons. The smallest absolute Gasteiger partial charge is 0.306 e. The number of nitrogens with zero attached hydrogens (tertiary/aromatic N) is 4. The third-order valence-electron chi connectivity index (χ3n) is 4.54. The van der Waals surface area contributed by atoms with Gasteiger partial charge in [-0.1, -0.05) is 13.3 Å². The highest BCUT2D eigenvalue weighted by atomic mass is 16.6. The molecule has 2 N–H and O–H groups in total. The summed E-state index contributed by atoms with van der Waals surface area (Å²) in [5.41, 5.74) is 0.408. The predicted molar refractivity (Wildman–Crippen MR) is 89.4 cm³/mol. The molecular formula is C15H26N6O2. The van der Waals surface area contributed by atoms with Crippen LogP contribution in [0.3, 0.4) is 0 Å². The summed E-state index contributed by atoms with van der Waals surface area (Å²) in [5.74, 6) is 0.800. The van der Waals surface area contributed by atoms with Crippen molar-refractivity contribution < 1.29 is 4.92 Å². The Bertz CT molecular complexity index is 544. The van der Waals surface area contributed by atoms with Gasteiger partial charge < -0.3 is 10.6 Å². The van der Waals surface area contributed by atoms with E-state index in [1.165, 1.54) is 38.1 Å². The number of hydrogen-bond acceptors (Lipinski definition) is 4. The summed E-state index contributed by atoms with van der Waals surface area (Å²) in [4.78, 5) is 14.9. The van der Waals surface area contributed by atoms with Gasteiger partial charge in [0.05, 0.1) is 11.5 Å². The second-order valence-electron chi connectivity index (χ2n) is 6.05. The number of rotatable bonds is 8. The lowest BCUT2D eigenvalue weighted by Crippen LogP contribution is -2.41. The standard InChI is InChI=1S/C15H26N6O2/c1-3-15(6-5-7-15)12-18-14(16-4-2)17-8-9-20-11-13(10-19-20)21(22)23/h10-11H,3-9,12H2,1-2H3,(H2,16,17,18). The number of aliphatic imine (C=N–C) groups is 1. The summed E-state index contributed by atoms with van der Waals surface area (Å²) in [7, 11) is 0. The average Bonchev–Trinajstić information content (AvgIpc) is 2.95. The van der Waals surface area contributed by atoms with Gasteiger partial charge in [-0.05, 0) is 31.6 Å². The summed E-state index contributed by atoms with van der Waals surface area (Å²) >= 11 is 0. The molecule has 0 saturated heterocycles. The van der Waals surface area contributed by atoms with Gasteiger partial charge in [0, 0.05) is 19.6 Å². The summed E-state index contributed by atoms with van der Waals surface area (Å²) in [6.07, 6.45) is 7.72. The van der Waals surface area contributed by atoms with Crippen LogP contribution in [0.25, 0.3) is 0 Å². The predicted octanol–water partition coefficient (Wildman–Crippen LogP) is 1.93. The monoisotopic (exact) mass is 322 g/mol. The first kappa shape index (κ1) is 17.2. The van der Waals surface area contributed by atoms with Gasteiger partial charge in [-0.25, -0.2) is 0 Å². The Labute approximate surface area is 136 Å².